The van der Waals surface area contributed by atoms with Crippen LogP contribution in [0.1, 0.15) is 6.92 Å². The van der Waals surface area contributed by atoms with Crippen molar-refractivity contribution in [2.24, 2.45) is 0 Å². The van der Waals surface area contributed by atoms with Gasteiger partial charge in [0.15, 0.2) is 0 Å². The number of benzene rings is 2. The predicted octanol–water partition coefficient (Wildman–Crippen LogP) is 2.14. The van der Waals surface area contributed by atoms with Gasteiger partial charge in [-0.05, 0) is 55.5 Å². The van der Waals surface area contributed by atoms with Gasteiger partial charge in [0.25, 0.3) is 0 Å². The number of hydrogen-bond donors (Lipinski definition) is 2. The van der Waals surface area contributed by atoms with Crippen molar-refractivity contribution in [2.75, 3.05) is 18.5 Å². The van der Waals surface area contributed by atoms with Crippen LogP contribution in [0.5, 0.6) is 5.75 Å². The molecule has 0 unspecified atom stereocenters. The van der Waals surface area contributed by atoms with E-state index >= 15 is 0 Å². The van der Waals surface area contributed by atoms with Gasteiger partial charge in [0, 0.05) is 5.69 Å². The quantitative estimate of drug-likeness (QED) is 0.800. The SMILES string of the molecule is CCOc1ccc(NC(=O)CNS(=O)(=O)c2ccc(F)cc2)cc1. The molecule has 0 aliphatic rings. The van der Waals surface area contributed by atoms with E-state index < -0.39 is 28.3 Å². The molecule has 0 fully saturated rings. The van der Waals surface area contributed by atoms with Gasteiger partial charge in [-0.15, -0.1) is 0 Å². The number of ether oxygens (including phenoxy) is 1. The molecular weight excluding hydrogens is 335 g/mol. The number of carbonyl (C=O) groups is 1. The minimum absolute atomic E-state index is 0.113. The smallest absolute Gasteiger partial charge is 0.241 e. The molecule has 6 nitrogen and oxygen atoms in total. The van der Waals surface area contributed by atoms with E-state index in [9.17, 15) is 17.6 Å². The molecular formula is C16H17FN2O4S. The number of anilines is 1. The Labute approximate surface area is 139 Å². The second-order valence-electron chi connectivity index (χ2n) is 4.78. The average Bonchev–Trinajstić information content (AvgIpc) is 2.56. The van der Waals surface area contributed by atoms with Gasteiger partial charge in [0.05, 0.1) is 18.0 Å². The number of sulfonamides is 1. The summed E-state index contributed by atoms with van der Waals surface area (Å²) in [5, 5.41) is 2.56. The van der Waals surface area contributed by atoms with Crippen molar-refractivity contribution in [3.05, 3.63) is 54.3 Å². The van der Waals surface area contributed by atoms with Crippen LogP contribution in [0.3, 0.4) is 0 Å². The lowest BCUT2D eigenvalue weighted by Crippen LogP contribution is -2.32. The Balaban J connectivity index is 1.91. The van der Waals surface area contributed by atoms with E-state index in [1.165, 1.54) is 0 Å². The first-order valence-electron chi connectivity index (χ1n) is 7.18. The molecule has 1 amide bonds. The maximum Gasteiger partial charge on any atom is 0.241 e. The summed E-state index contributed by atoms with van der Waals surface area (Å²) in [5.74, 6) is -0.389. The summed E-state index contributed by atoms with van der Waals surface area (Å²) in [6.45, 7) is 1.96. The van der Waals surface area contributed by atoms with Gasteiger partial charge in [-0.1, -0.05) is 0 Å². The van der Waals surface area contributed by atoms with E-state index in [2.05, 4.69) is 10.0 Å². The van der Waals surface area contributed by atoms with Crippen LogP contribution in [0, 0.1) is 5.82 Å². The van der Waals surface area contributed by atoms with Crippen molar-refractivity contribution in [3.8, 4) is 5.75 Å². The van der Waals surface area contributed by atoms with Crippen molar-refractivity contribution in [1.82, 2.24) is 4.72 Å². The summed E-state index contributed by atoms with van der Waals surface area (Å²) in [6, 6.07) is 11.0. The van der Waals surface area contributed by atoms with Gasteiger partial charge < -0.3 is 10.1 Å². The molecule has 0 saturated carbocycles. The molecule has 0 aromatic heterocycles. The minimum atomic E-state index is -3.88. The van der Waals surface area contributed by atoms with Gasteiger partial charge in [-0.3, -0.25) is 4.79 Å². The lowest BCUT2D eigenvalue weighted by molar-refractivity contribution is -0.115. The fourth-order valence-electron chi connectivity index (χ4n) is 1.86. The summed E-state index contributed by atoms with van der Waals surface area (Å²) >= 11 is 0. The second-order valence-corrected chi connectivity index (χ2v) is 6.55. The topological polar surface area (TPSA) is 84.5 Å². The molecule has 128 valence electrons. The summed E-state index contributed by atoms with van der Waals surface area (Å²) in [6.07, 6.45) is 0. The van der Waals surface area contributed by atoms with Crippen LogP contribution in [-0.2, 0) is 14.8 Å². The Morgan fingerprint density at radius 1 is 1.08 bits per heavy atom. The first-order valence-corrected chi connectivity index (χ1v) is 8.67. The molecule has 0 heterocycles. The molecule has 2 aromatic carbocycles. The van der Waals surface area contributed by atoms with Crippen molar-refractivity contribution >= 4 is 21.6 Å². The summed E-state index contributed by atoms with van der Waals surface area (Å²) in [5.41, 5.74) is 0.518. The van der Waals surface area contributed by atoms with Gasteiger partial charge in [-0.25, -0.2) is 17.5 Å². The second kappa shape index (κ2) is 7.89. The monoisotopic (exact) mass is 352 g/mol. The molecule has 24 heavy (non-hydrogen) atoms. The van der Waals surface area contributed by atoms with Crippen LogP contribution in [0.4, 0.5) is 10.1 Å². The van der Waals surface area contributed by atoms with Crippen LogP contribution < -0.4 is 14.8 Å². The normalized spacial score (nSPS) is 11.1. The zero-order valence-corrected chi connectivity index (χ0v) is 13.8. The van der Waals surface area contributed by atoms with Crippen LogP contribution >= 0.6 is 0 Å². The molecule has 2 N–H and O–H groups in total. The Morgan fingerprint density at radius 2 is 1.71 bits per heavy atom. The number of halogens is 1. The molecule has 0 aliphatic heterocycles. The molecule has 0 saturated heterocycles. The summed E-state index contributed by atoms with van der Waals surface area (Å²) in [7, 11) is -3.88. The van der Waals surface area contributed by atoms with Crippen molar-refractivity contribution in [2.45, 2.75) is 11.8 Å². The van der Waals surface area contributed by atoms with E-state index in [0.29, 0.717) is 18.0 Å². The van der Waals surface area contributed by atoms with E-state index in [0.717, 1.165) is 24.3 Å². The number of hydrogen-bond acceptors (Lipinski definition) is 4. The zero-order chi connectivity index (χ0) is 17.6. The summed E-state index contributed by atoms with van der Waals surface area (Å²) in [4.78, 5) is 11.7. The Morgan fingerprint density at radius 3 is 2.29 bits per heavy atom. The summed E-state index contributed by atoms with van der Waals surface area (Å²) < 4.78 is 44.2. The maximum absolute atomic E-state index is 12.8. The van der Waals surface area contributed by atoms with E-state index in [1.807, 2.05) is 6.92 Å². The highest BCUT2D eigenvalue weighted by Gasteiger charge is 2.15. The van der Waals surface area contributed by atoms with Gasteiger partial charge in [0.2, 0.25) is 15.9 Å². The van der Waals surface area contributed by atoms with Crippen LogP contribution in [-0.4, -0.2) is 27.5 Å². The molecule has 0 aliphatic carbocycles. The standard InChI is InChI=1S/C16H17FN2O4S/c1-2-23-14-7-5-13(6-8-14)19-16(20)11-18-24(21,22)15-9-3-12(17)4-10-15/h3-10,18H,2,11H2,1H3,(H,19,20). The lowest BCUT2D eigenvalue weighted by Gasteiger charge is -2.09. The Bertz CT molecular complexity index is 790. The largest absolute Gasteiger partial charge is 0.494 e. The number of carbonyl (C=O) groups excluding carboxylic acids is 1. The van der Waals surface area contributed by atoms with Crippen LogP contribution in [0.25, 0.3) is 0 Å². The lowest BCUT2D eigenvalue weighted by atomic mass is 10.3. The van der Waals surface area contributed by atoms with Crippen LogP contribution in [0.15, 0.2) is 53.4 Å². The molecule has 0 bridgehead atoms. The molecule has 0 atom stereocenters. The Kier molecular flexibility index (Phi) is 5.88. The first-order chi connectivity index (χ1) is 11.4. The average molecular weight is 352 g/mol. The fraction of sp³-hybridized carbons (Fsp3) is 0.188. The van der Waals surface area contributed by atoms with E-state index in [1.54, 1.807) is 24.3 Å². The first kappa shape index (κ1) is 17.9. The number of rotatable bonds is 7. The fourth-order valence-corrected chi connectivity index (χ4v) is 2.85. The highest BCUT2D eigenvalue weighted by molar-refractivity contribution is 7.89. The van der Waals surface area contributed by atoms with Gasteiger partial charge in [0.1, 0.15) is 11.6 Å². The highest BCUT2D eigenvalue weighted by Crippen LogP contribution is 2.15. The van der Waals surface area contributed by atoms with E-state index in [-0.39, 0.29) is 4.90 Å². The molecule has 0 spiro atoms. The predicted molar refractivity (Wildman–Crippen MR) is 87.8 cm³/mol. The zero-order valence-electron chi connectivity index (χ0n) is 13.0. The minimum Gasteiger partial charge on any atom is -0.494 e. The van der Waals surface area contributed by atoms with Gasteiger partial charge >= 0.3 is 0 Å². The maximum atomic E-state index is 12.8. The number of nitrogens with one attached hydrogen (secondary N) is 2. The van der Waals surface area contributed by atoms with Crippen molar-refractivity contribution < 1.29 is 22.3 Å². The van der Waals surface area contributed by atoms with Crippen molar-refractivity contribution in [3.63, 3.8) is 0 Å². The van der Waals surface area contributed by atoms with Crippen molar-refractivity contribution in [1.29, 1.82) is 0 Å². The molecule has 0 radical (unpaired) electrons. The Hall–Kier alpha value is -2.45. The van der Waals surface area contributed by atoms with Gasteiger partial charge in [-0.2, -0.15) is 0 Å². The molecule has 8 heteroatoms. The number of amides is 1. The highest BCUT2D eigenvalue weighted by atomic mass is 32.2. The third-order valence-electron chi connectivity index (χ3n) is 3.00. The third-order valence-corrected chi connectivity index (χ3v) is 4.41. The van der Waals surface area contributed by atoms with E-state index in [4.69, 9.17) is 4.74 Å². The molecule has 2 rings (SSSR count). The molecule has 2 aromatic rings. The van der Waals surface area contributed by atoms with Crippen LogP contribution in [0.2, 0.25) is 0 Å². The third kappa shape index (κ3) is 5.04.